The van der Waals surface area contributed by atoms with Gasteiger partial charge in [-0.3, -0.25) is 4.79 Å². The molecule has 0 radical (unpaired) electrons. The highest BCUT2D eigenvalue weighted by molar-refractivity contribution is 7.12. The van der Waals surface area contributed by atoms with Gasteiger partial charge >= 0.3 is 0 Å². The molecule has 2 rings (SSSR count). The summed E-state index contributed by atoms with van der Waals surface area (Å²) >= 11 is 1.49. The van der Waals surface area contributed by atoms with E-state index in [0.29, 0.717) is 0 Å². The van der Waals surface area contributed by atoms with Gasteiger partial charge < -0.3 is 9.64 Å². The van der Waals surface area contributed by atoms with E-state index in [1.165, 1.54) is 11.3 Å². The average molecular weight is 211 g/mol. The van der Waals surface area contributed by atoms with Gasteiger partial charge in [0, 0.05) is 24.2 Å². The Bertz CT molecular complexity index is 324. The van der Waals surface area contributed by atoms with Crippen molar-refractivity contribution >= 4 is 23.3 Å². The van der Waals surface area contributed by atoms with Crippen molar-refractivity contribution in [2.24, 2.45) is 0 Å². The van der Waals surface area contributed by atoms with Crippen molar-refractivity contribution in [1.29, 1.82) is 0 Å². The second-order valence-electron chi connectivity index (χ2n) is 3.45. The molecule has 1 fully saturated rings. The van der Waals surface area contributed by atoms with Crippen LogP contribution >= 0.6 is 11.3 Å². The third kappa shape index (κ3) is 1.96. The molecule has 1 aromatic rings. The van der Waals surface area contributed by atoms with Gasteiger partial charge in [0.25, 0.3) is 0 Å². The number of morpholine rings is 1. The number of ether oxygens (including phenoxy) is 1. The van der Waals surface area contributed by atoms with E-state index in [9.17, 15) is 4.79 Å². The molecule has 1 saturated heterocycles. The molecule has 0 bridgehead atoms. The Labute approximate surface area is 87.3 Å². The summed E-state index contributed by atoms with van der Waals surface area (Å²) in [6, 6.07) is 1.94. The minimum absolute atomic E-state index is 0.281. The highest BCUT2D eigenvalue weighted by atomic mass is 32.1. The van der Waals surface area contributed by atoms with Gasteiger partial charge in [-0.15, -0.1) is 11.3 Å². The molecule has 3 nitrogen and oxygen atoms in total. The summed E-state index contributed by atoms with van der Waals surface area (Å²) in [5, 5.41) is 2.03. The number of hydrogen-bond donors (Lipinski definition) is 0. The normalized spacial score (nSPS) is 22.4. The highest BCUT2D eigenvalue weighted by Gasteiger charge is 2.17. The maximum Gasteiger partial charge on any atom is 0.160 e. The van der Waals surface area contributed by atoms with Crippen molar-refractivity contribution < 1.29 is 9.53 Å². The molecule has 1 unspecified atom stereocenters. The van der Waals surface area contributed by atoms with Gasteiger partial charge in [-0.05, 0) is 13.0 Å². The molecule has 0 aliphatic carbocycles. The van der Waals surface area contributed by atoms with Gasteiger partial charge in [-0.25, -0.2) is 0 Å². The first-order valence-electron chi connectivity index (χ1n) is 4.70. The minimum atomic E-state index is 0.281. The molecule has 1 aliphatic heterocycles. The zero-order valence-electron chi connectivity index (χ0n) is 8.10. The average Bonchev–Trinajstić information content (AvgIpc) is 2.66. The summed E-state index contributed by atoms with van der Waals surface area (Å²) in [4.78, 5) is 13.6. The molecule has 0 aromatic carbocycles. The van der Waals surface area contributed by atoms with E-state index < -0.39 is 0 Å². The van der Waals surface area contributed by atoms with Gasteiger partial charge in [-0.1, -0.05) is 0 Å². The molecule has 2 heterocycles. The summed E-state index contributed by atoms with van der Waals surface area (Å²) in [5.74, 6) is 0. The van der Waals surface area contributed by atoms with Crippen molar-refractivity contribution in [3.63, 3.8) is 0 Å². The van der Waals surface area contributed by atoms with Gasteiger partial charge in [0.05, 0.1) is 17.6 Å². The number of aldehydes is 1. The van der Waals surface area contributed by atoms with E-state index in [4.69, 9.17) is 4.74 Å². The first kappa shape index (κ1) is 9.68. The van der Waals surface area contributed by atoms with Gasteiger partial charge in [0.2, 0.25) is 0 Å². The molecular formula is C10H13NO2S. The van der Waals surface area contributed by atoms with E-state index in [2.05, 4.69) is 11.8 Å². The van der Waals surface area contributed by atoms with Gasteiger partial charge in [0.15, 0.2) is 6.29 Å². The summed E-state index contributed by atoms with van der Waals surface area (Å²) in [6.07, 6.45) is 1.18. The van der Waals surface area contributed by atoms with Crippen LogP contribution in [0.4, 0.5) is 5.69 Å². The third-order valence-corrected chi connectivity index (χ3v) is 3.17. The van der Waals surface area contributed by atoms with Gasteiger partial charge in [-0.2, -0.15) is 0 Å². The maximum absolute atomic E-state index is 10.5. The van der Waals surface area contributed by atoms with Crippen LogP contribution in [0, 0.1) is 0 Å². The van der Waals surface area contributed by atoms with E-state index in [0.717, 1.165) is 36.5 Å². The zero-order chi connectivity index (χ0) is 9.97. The second kappa shape index (κ2) is 4.11. The lowest BCUT2D eigenvalue weighted by Crippen LogP contribution is -2.40. The zero-order valence-corrected chi connectivity index (χ0v) is 8.92. The van der Waals surface area contributed by atoms with Crippen LogP contribution in [0.3, 0.4) is 0 Å². The Morgan fingerprint density at radius 1 is 1.71 bits per heavy atom. The summed E-state index contributed by atoms with van der Waals surface area (Å²) in [5.41, 5.74) is 1.15. The lowest BCUT2D eigenvalue weighted by molar-refractivity contribution is 0.0532. The number of rotatable bonds is 2. The smallest absolute Gasteiger partial charge is 0.160 e. The van der Waals surface area contributed by atoms with Crippen LogP contribution < -0.4 is 4.90 Å². The molecule has 1 aromatic heterocycles. The van der Waals surface area contributed by atoms with Crippen LogP contribution in [0.15, 0.2) is 11.4 Å². The third-order valence-electron chi connectivity index (χ3n) is 2.33. The molecule has 0 saturated carbocycles. The lowest BCUT2D eigenvalue weighted by atomic mass is 10.3. The Balaban J connectivity index is 2.09. The van der Waals surface area contributed by atoms with E-state index in [1.54, 1.807) is 0 Å². The number of nitrogens with zero attached hydrogens (tertiary/aromatic N) is 1. The van der Waals surface area contributed by atoms with Crippen LogP contribution in [0.5, 0.6) is 0 Å². The quantitative estimate of drug-likeness (QED) is 0.698. The summed E-state index contributed by atoms with van der Waals surface area (Å²) in [7, 11) is 0. The molecular weight excluding hydrogens is 198 g/mol. The van der Waals surface area contributed by atoms with E-state index >= 15 is 0 Å². The fourth-order valence-corrected chi connectivity index (χ4v) is 2.34. The molecule has 1 atom stereocenters. The van der Waals surface area contributed by atoms with Crippen LogP contribution in [-0.2, 0) is 4.74 Å². The van der Waals surface area contributed by atoms with E-state index in [-0.39, 0.29) is 6.10 Å². The van der Waals surface area contributed by atoms with Crippen molar-refractivity contribution in [3.05, 3.63) is 16.3 Å². The van der Waals surface area contributed by atoms with E-state index in [1.807, 2.05) is 11.4 Å². The number of carbonyl (C=O) groups is 1. The van der Waals surface area contributed by atoms with Crippen molar-refractivity contribution in [3.8, 4) is 0 Å². The molecule has 0 spiro atoms. The number of hydrogen-bond acceptors (Lipinski definition) is 4. The lowest BCUT2D eigenvalue weighted by Gasteiger charge is -2.32. The molecule has 0 amide bonds. The SMILES string of the molecule is CC1CN(c2csc(C=O)c2)CCO1. The fraction of sp³-hybridized carbons (Fsp3) is 0.500. The van der Waals surface area contributed by atoms with Crippen LogP contribution in [-0.4, -0.2) is 32.1 Å². The topological polar surface area (TPSA) is 29.5 Å². The van der Waals surface area contributed by atoms with Crippen molar-refractivity contribution in [2.45, 2.75) is 13.0 Å². The summed E-state index contributed by atoms with van der Waals surface area (Å²) in [6.45, 7) is 4.67. The van der Waals surface area contributed by atoms with Crippen LogP contribution in [0.25, 0.3) is 0 Å². The monoisotopic (exact) mass is 211 g/mol. The Hall–Kier alpha value is -0.870. The van der Waals surface area contributed by atoms with Crippen molar-refractivity contribution in [1.82, 2.24) is 0 Å². The molecule has 14 heavy (non-hydrogen) atoms. The predicted octanol–water partition coefficient (Wildman–Crippen LogP) is 1.79. The van der Waals surface area contributed by atoms with Crippen LogP contribution in [0.1, 0.15) is 16.6 Å². The Morgan fingerprint density at radius 2 is 2.57 bits per heavy atom. The molecule has 76 valence electrons. The van der Waals surface area contributed by atoms with Gasteiger partial charge in [0.1, 0.15) is 0 Å². The van der Waals surface area contributed by atoms with Crippen molar-refractivity contribution in [2.75, 3.05) is 24.6 Å². The predicted molar refractivity (Wildman–Crippen MR) is 57.3 cm³/mol. The minimum Gasteiger partial charge on any atom is -0.375 e. The maximum atomic E-state index is 10.5. The standard InChI is InChI=1S/C10H13NO2S/c1-8-5-11(2-3-13-8)9-4-10(6-12)14-7-9/h4,6-8H,2-3,5H2,1H3. The molecule has 4 heteroatoms. The number of carbonyl (C=O) groups excluding carboxylic acids is 1. The largest absolute Gasteiger partial charge is 0.375 e. The first-order valence-corrected chi connectivity index (χ1v) is 5.58. The number of thiophene rings is 1. The highest BCUT2D eigenvalue weighted by Crippen LogP contribution is 2.23. The van der Waals surface area contributed by atoms with Crippen LogP contribution in [0.2, 0.25) is 0 Å². The number of anilines is 1. The second-order valence-corrected chi connectivity index (χ2v) is 4.40. The first-order chi connectivity index (χ1) is 6.79. The molecule has 1 aliphatic rings. The molecule has 0 N–H and O–H groups in total. The summed E-state index contributed by atoms with van der Waals surface area (Å²) < 4.78 is 5.45. The fourth-order valence-electron chi connectivity index (χ4n) is 1.62. The Morgan fingerprint density at radius 3 is 3.21 bits per heavy atom. The Kier molecular flexibility index (Phi) is 2.84.